The second-order valence-electron chi connectivity index (χ2n) is 9.59. The van der Waals surface area contributed by atoms with Crippen molar-refractivity contribution in [3.63, 3.8) is 0 Å². The van der Waals surface area contributed by atoms with Gasteiger partial charge in [-0.3, -0.25) is 4.98 Å². The molecule has 208 valence electrons. The number of piperidine rings is 1. The van der Waals surface area contributed by atoms with Crippen LogP contribution in [-0.2, 0) is 16.2 Å². The number of nitrogens with one attached hydrogen (secondary N) is 2. The van der Waals surface area contributed by atoms with Crippen molar-refractivity contribution in [2.24, 2.45) is 0 Å². The quantitative estimate of drug-likeness (QED) is 0.421. The third-order valence-electron chi connectivity index (χ3n) is 7.00. The molecule has 4 heterocycles. The van der Waals surface area contributed by atoms with Gasteiger partial charge >= 0.3 is 6.18 Å². The molecule has 0 aliphatic carbocycles. The second-order valence-corrected chi connectivity index (χ2v) is 11.5. The number of aliphatic hydroxyl groups is 1. The number of piperazine rings is 1. The Morgan fingerprint density at radius 3 is 2.36 bits per heavy atom. The number of pyridine rings is 2. The highest BCUT2D eigenvalue weighted by molar-refractivity contribution is 7.89. The standard InChI is InChI=1S/C26H29F3N6O3S/c27-26(28,29)20-3-6-25(32-15-20)33-23-7-10-35(17-24(23)36)39(37,38)22-4-1-18(2-5-22)19-13-21(16-31-14-19)34-11-8-30-9-12-34/h1-6,13-16,23-24,30,36H,7-12,17H2,(H,32,33). The van der Waals surface area contributed by atoms with Crippen LogP contribution in [0.3, 0.4) is 0 Å². The van der Waals surface area contributed by atoms with Crippen LogP contribution in [0, 0.1) is 0 Å². The summed E-state index contributed by atoms with van der Waals surface area (Å²) < 4.78 is 66.1. The zero-order valence-corrected chi connectivity index (χ0v) is 21.8. The van der Waals surface area contributed by atoms with Gasteiger partial charge in [-0.15, -0.1) is 0 Å². The van der Waals surface area contributed by atoms with Gasteiger partial charge in [-0.2, -0.15) is 17.5 Å². The molecular weight excluding hydrogens is 533 g/mol. The smallest absolute Gasteiger partial charge is 0.390 e. The predicted octanol–water partition coefficient (Wildman–Crippen LogP) is 2.81. The number of benzene rings is 1. The summed E-state index contributed by atoms with van der Waals surface area (Å²) in [6, 6.07) is 10.2. The molecule has 0 spiro atoms. The molecule has 0 saturated carbocycles. The van der Waals surface area contributed by atoms with E-state index in [2.05, 4.69) is 25.5 Å². The van der Waals surface area contributed by atoms with Crippen molar-refractivity contribution in [2.75, 3.05) is 49.5 Å². The van der Waals surface area contributed by atoms with Gasteiger partial charge in [-0.1, -0.05) is 12.1 Å². The molecule has 2 atom stereocenters. The van der Waals surface area contributed by atoms with Crippen LogP contribution in [0.25, 0.3) is 11.1 Å². The molecule has 2 aromatic heterocycles. The number of anilines is 2. The third-order valence-corrected chi connectivity index (χ3v) is 8.88. The number of nitrogens with zero attached hydrogens (tertiary/aromatic N) is 4. The van der Waals surface area contributed by atoms with Gasteiger partial charge in [0.15, 0.2) is 0 Å². The van der Waals surface area contributed by atoms with E-state index in [1.807, 2.05) is 12.3 Å². The first-order valence-corrected chi connectivity index (χ1v) is 14.0. The Labute approximate surface area is 224 Å². The summed E-state index contributed by atoms with van der Waals surface area (Å²) in [6.07, 6.45) is -1.02. The third kappa shape index (κ3) is 6.16. The number of halogens is 3. The van der Waals surface area contributed by atoms with Gasteiger partial charge in [0.25, 0.3) is 0 Å². The summed E-state index contributed by atoms with van der Waals surface area (Å²) in [5, 5.41) is 16.9. The van der Waals surface area contributed by atoms with E-state index in [-0.39, 0.29) is 30.2 Å². The van der Waals surface area contributed by atoms with Gasteiger partial charge in [0, 0.05) is 57.2 Å². The normalized spacial score (nSPS) is 21.1. The van der Waals surface area contributed by atoms with Gasteiger partial charge in [0.05, 0.1) is 34.5 Å². The molecule has 1 aromatic carbocycles. The van der Waals surface area contributed by atoms with Crippen LogP contribution in [0.1, 0.15) is 12.0 Å². The summed E-state index contributed by atoms with van der Waals surface area (Å²) in [4.78, 5) is 10.5. The maximum Gasteiger partial charge on any atom is 0.417 e. The highest BCUT2D eigenvalue weighted by Gasteiger charge is 2.35. The Morgan fingerprint density at radius 2 is 1.72 bits per heavy atom. The number of alkyl halides is 3. The molecule has 2 saturated heterocycles. The molecule has 13 heteroatoms. The van der Waals surface area contributed by atoms with Gasteiger partial charge in [0.1, 0.15) is 5.82 Å². The fourth-order valence-corrected chi connectivity index (χ4v) is 6.25. The van der Waals surface area contributed by atoms with E-state index >= 15 is 0 Å². The lowest BCUT2D eigenvalue weighted by atomic mass is 10.0. The van der Waals surface area contributed by atoms with Crippen molar-refractivity contribution >= 4 is 21.5 Å². The molecule has 3 aromatic rings. The SMILES string of the molecule is O=S(=O)(c1ccc(-c2cncc(N3CCNCC3)c2)cc1)N1CCC(Nc2ccc(C(F)(F)F)cn2)C(O)C1. The number of hydrogen-bond donors (Lipinski definition) is 3. The van der Waals surface area contributed by atoms with Gasteiger partial charge < -0.3 is 20.6 Å². The first-order valence-electron chi connectivity index (χ1n) is 12.6. The van der Waals surface area contributed by atoms with Crippen molar-refractivity contribution < 1.29 is 26.7 Å². The zero-order valence-electron chi connectivity index (χ0n) is 21.0. The molecule has 2 aliphatic heterocycles. The van der Waals surface area contributed by atoms with E-state index in [1.165, 1.54) is 10.4 Å². The average molecular weight is 563 g/mol. The lowest BCUT2D eigenvalue weighted by Gasteiger charge is -2.35. The second kappa shape index (κ2) is 11.1. The van der Waals surface area contributed by atoms with E-state index in [4.69, 9.17) is 0 Å². The van der Waals surface area contributed by atoms with Gasteiger partial charge in [-0.25, -0.2) is 13.4 Å². The molecule has 3 N–H and O–H groups in total. The molecule has 0 amide bonds. The number of aromatic nitrogens is 2. The molecule has 39 heavy (non-hydrogen) atoms. The highest BCUT2D eigenvalue weighted by Crippen LogP contribution is 2.30. The summed E-state index contributed by atoms with van der Waals surface area (Å²) in [6.45, 7) is 3.58. The van der Waals surface area contributed by atoms with E-state index in [1.54, 1.807) is 30.5 Å². The van der Waals surface area contributed by atoms with Crippen LogP contribution in [0.5, 0.6) is 0 Å². The van der Waals surface area contributed by atoms with E-state index < -0.39 is 33.9 Å². The maximum atomic E-state index is 13.3. The van der Waals surface area contributed by atoms with Crippen molar-refractivity contribution in [1.29, 1.82) is 0 Å². The van der Waals surface area contributed by atoms with Crippen molar-refractivity contribution in [3.05, 3.63) is 66.6 Å². The summed E-state index contributed by atoms with van der Waals surface area (Å²) >= 11 is 0. The van der Waals surface area contributed by atoms with Gasteiger partial charge in [-0.05, 0) is 42.3 Å². The monoisotopic (exact) mass is 562 g/mol. The highest BCUT2D eigenvalue weighted by atomic mass is 32.2. The molecule has 2 unspecified atom stereocenters. The lowest BCUT2D eigenvalue weighted by molar-refractivity contribution is -0.137. The van der Waals surface area contributed by atoms with E-state index in [0.29, 0.717) is 0 Å². The van der Waals surface area contributed by atoms with Crippen molar-refractivity contribution in [2.45, 2.75) is 29.6 Å². The lowest BCUT2D eigenvalue weighted by Crippen LogP contribution is -2.51. The minimum absolute atomic E-state index is 0.112. The largest absolute Gasteiger partial charge is 0.417 e. The minimum atomic E-state index is -4.49. The fraction of sp³-hybridized carbons (Fsp3) is 0.385. The van der Waals surface area contributed by atoms with Gasteiger partial charge in [0.2, 0.25) is 10.0 Å². The summed E-state index contributed by atoms with van der Waals surface area (Å²) in [5.74, 6) is 0.175. The first-order chi connectivity index (χ1) is 18.6. The van der Waals surface area contributed by atoms with Crippen molar-refractivity contribution in [3.8, 4) is 11.1 Å². The number of rotatable bonds is 6. The van der Waals surface area contributed by atoms with Crippen molar-refractivity contribution in [1.82, 2.24) is 19.6 Å². The predicted molar refractivity (Wildman–Crippen MR) is 141 cm³/mol. The molecule has 9 nitrogen and oxygen atoms in total. The number of sulfonamides is 1. The topological polar surface area (TPSA) is 111 Å². The first kappa shape index (κ1) is 27.3. The molecule has 0 radical (unpaired) electrons. The van der Waals surface area contributed by atoms with Crippen LogP contribution in [0.4, 0.5) is 24.7 Å². The average Bonchev–Trinajstić information content (AvgIpc) is 2.94. The van der Waals surface area contributed by atoms with E-state index in [9.17, 15) is 26.7 Å². The van der Waals surface area contributed by atoms with Crippen LogP contribution in [0.15, 0.2) is 66.0 Å². The molecule has 0 bridgehead atoms. The molecular formula is C26H29F3N6O3S. The number of aliphatic hydroxyl groups excluding tert-OH is 1. The summed E-state index contributed by atoms with van der Waals surface area (Å²) in [5.41, 5.74) is 1.87. The Bertz CT molecular complexity index is 1380. The van der Waals surface area contributed by atoms with Crippen LogP contribution < -0.4 is 15.5 Å². The molecule has 2 aliphatic rings. The Hall–Kier alpha value is -3.26. The van der Waals surface area contributed by atoms with Crippen LogP contribution >= 0.6 is 0 Å². The maximum absolute atomic E-state index is 13.3. The number of β-amino-alcohol motifs (C(OH)–C–C–N with tert-alkyl or cyclic N) is 1. The molecule has 2 fully saturated rings. The van der Waals surface area contributed by atoms with Crippen LogP contribution in [0.2, 0.25) is 0 Å². The Balaban J connectivity index is 1.23. The van der Waals surface area contributed by atoms with Crippen LogP contribution in [-0.4, -0.2) is 79.2 Å². The number of hydrogen-bond acceptors (Lipinski definition) is 8. The van der Waals surface area contributed by atoms with E-state index in [0.717, 1.165) is 55.3 Å². The fourth-order valence-electron chi connectivity index (χ4n) is 4.78. The molecule has 5 rings (SSSR count). The Morgan fingerprint density at radius 1 is 0.974 bits per heavy atom. The zero-order chi connectivity index (χ0) is 27.6. The summed E-state index contributed by atoms with van der Waals surface area (Å²) in [7, 11) is -3.86. The minimum Gasteiger partial charge on any atom is -0.390 e. The Kier molecular flexibility index (Phi) is 7.76.